The lowest BCUT2D eigenvalue weighted by atomic mass is 9.77. The van der Waals surface area contributed by atoms with Crippen LogP contribution in [0.15, 0.2) is 174 Å². The molecule has 0 spiro atoms. The first-order chi connectivity index (χ1) is 24.0. The lowest BCUT2D eigenvalue weighted by Crippen LogP contribution is -2.13. The summed E-state index contributed by atoms with van der Waals surface area (Å²) in [4.78, 5) is 13.7. The predicted molar refractivity (Wildman–Crippen MR) is 199 cm³/mol. The van der Waals surface area contributed by atoms with Crippen molar-refractivity contribution in [2.24, 2.45) is 5.92 Å². The van der Waals surface area contributed by atoms with Crippen molar-refractivity contribution in [2.45, 2.75) is 25.7 Å². The van der Waals surface area contributed by atoms with Gasteiger partial charge in [0.25, 0.3) is 0 Å². The van der Waals surface area contributed by atoms with Crippen LogP contribution >= 0.6 is 0 Å². The largest absolute Gasteiger partial charge is 0.477 e. The molecule has 238 valence electrons. The van der Waals surface area contributed by atoms with Crippen LogP contribution in [-0.4, -0.2) is 11.1 Å². The van der Waals surface area contributed by atoms with Crippen molar-refractivity contribution in [1.82, 2.24) is 0 Å². The van der Waals surface area contributed by atoms with E-state index in [0.717, 1.165) is 53.9 Å². The van der Waals surface area contributed by atoms with Gasteiger partial charge in [-0.3, -0.25) is 0 Å². The van der Waals surface area contributed by atoms with Crippen LogP contribution in [0.25, 0.3) is 28.3 Å². The Labute approximate surface area is 287 Å². The molecule has 2 aliphatic rings. The maximum atomic E-state index is 11.4. The highest BCUT2D eigenvalue weighted by molar-refractivity contribution is 5.91. The van der Waals surface area contributed by atoms with Crippen LogP contribution in [0, 0.1) is 17.2 Å². The molecule has 2 aliphatic carbocycles. The van der Waals surface area contributed by atoms with Gasteiger partial charge in [-0.25, -0.2) is 4.79 Å². The first-order valence-electron chi connectivity index (χ1n) is 16.7. The number of rotatable bonds is 8. The normalized spacial score (nSPS) is 16.6. The molecule has 0 fully saturated rings. The number of aliphatic carboxylic acids is 1. The van der Waals surface area contributed by atoms with E-state index in [1.54, 1.807) is 6.07 Å². The topological polar surface area (TPSA) is 64.3 Å². The van der Waals surface area contributed by atoms with E-state index < -0.39 is 5.97 Å². The summed E-state index contributed by atoms with van der Waals surface area (Å²) in [6, 6.07) is 48.9. The molecule has 5 aromatic carbocycles. The molecule has 7 rings (SSSR count). The summed E-state index contributed by atoms with van der Waals surface area (Å²) in [5, 5.41) is 18.5. The van der Waals surface area contributed by atoms with Crippen molar-refractivity contribution in [3.63, 3.8) is 0 Å². The van der Waals surface area contributed by atoms with E-state index in [-0.39, 0.29) is 5.57 Å². The number of benzene rings is 5. The van der Waals surface area contributed by atoms with E-state index in [9.17, 15) is 15.2 Å². The van der Waals surface area contributed by atoms with Gasteiger partial charge in [-0.05, 0) is 119 Å². The summed E-state index contributed by atoms with van der Waals surface area (Å²) < 4.78 is 0. The summed E-state index contributed by atoms with van der Waals surface area (Å²) in [5.74, 6) is -0.707. The molecule has 1 unspecified atom stereocenters. The van der Waals surface area contributed by atoms with Gasteiger partial charge in [-0.1, -0.05) is 115 Å². The summed E-state index contributed by atoms with van der Waals surface area (Å²) in [5.41, 5.74) is 12.3. The highest BCUT2D eigenvalue weighted by Crippen LogP contribution is 2.40. The fourth-order valence-corrected chi connectivity index (χ4v) is 6.81. The Hall–Kier alpha value is -6.18. The van der Waals surface area contributed by atoms with Crippen LogP contribution in [0.1, 0.15) is 31.2 Å². The molecule has 0 radical (unpaired) electrons. The van der Waals surface area contributed by atoms with Crippen molar-refractivity contribution < 1.29 is 9.90 Å². The van der Waals surface area contributed by atoms with Crippen LogP contribution in [0.2, 0.25) is 0 Å². The number of nitriles is 1. The van der Waals surface area contributed by atoms with Gasteiger partial charge in [0.05, 0.1) is 0 Å². The number of carbonyl (C=O) groups is 1. The van der Waals surface area contributed by atoms with Crippen molar-refractivity contribution in [3.05, 3.63) is 180 Å². The Balaban J connectivity index is 1.18. The van der Waals surface area contributed by atoms with Crippen LogP contribution < -0.4 is 4.90 Å². The lowest BCUT2D eigenvalue weighted by molar-refractivity contribution is -0.132. The molecule has 1 N–H and O–H groups in total. The molecule has 0 amide bonds. The molecule has 5 aromatic rings. The molecule has 0 aromatic heterocycles. The molecule has 0 bridgehead atoms. The fourth-order valence-electron chi connectivity index (χ4n) is 6.81. The van der Waals surface area contributed by atoms with Crippen molar-refractivity contribution >= 4 is 29.1 Å². The Kier molecular flexibility index (Phi) is 9.17. The standard InChI is InChI=1S/C45H36N2O2/c46-31-41(45(48)49)30-34-12-16-39-15-11-33(28-40(39)29-34)27-32-13-21-42(22-14-32)47(43-23-17-37(18-24-43)35-7-3-1-4-8-35)44-25-19-38(20-26-44)36-9-5-2-6-10-36/h1-10,13-14,17-30,39H,11-12,15-16H2,(H,48,49)/b33-27+,41-30+. The van der Waals surface area contributed by atoms with E-state index in [2.05, 4.69) is 144 Å². The molecular formula is C45H36N2O2. The fraction of sp³-hybridized carbons (Fsp3) is 0.111. The van der Waals surface area contributed by atoms with E-state index in [1.807, 2.05) is 12.1 Å². The maximum Gasteiger partial charge on any atom is 0.346 e. The number of fused-ring (bicyclic) bond motifs is 1. The van der Waals surface area contributed by atoms with Crippen molar-refractivity contribution in [1.29, 1.82) is 5.26 Å². The second-order valence-corrected chi connectivity index (χ2v) is 12.6. The van der Waals surface area contributed by atoms with Gasteiger partial charge in [0, 0.05) is 17.1 Å². The van der Waals surface area contributed by atoms with Gasteiger partial charge in [0.1, 0.15) is 11.6 Å². The quantitative estimate of drug-likeness (QED) is 0.136. The predicted octanol–water partition coefficient (Wildman–Crippen LogP) is 11.5. The molecule has 0 heterocycles. The first-order valence-corrected chi connectivity index (χ1v) is 16.7. The summed E-state index contributed by atoms with van der Waals surface area (Å²) in [6.45, 7) is 0. The molecule has 0 saturated carbocycles. The van der Waals surface area contributed by atoms with E-state index in [1.165, 1.54) is 39.5 Å². The third-order valence-electron chi connectivity index (χ3n) is 9.39. The minimum atomic E-state index is -1.18. The maximum absolute atomic E-state index is 11.4. The van der Waals surface area contributed by atoms with Gasteiger partial charge < -0.3 is 10.0 Å². The number of allylic oxidation sites excluding steroid dienone is 6. The van der Waals surface area contributed by atoms with E-state index in [4.69, 9.17) is 0 Å². The third kappa shape index (κ3) is 7.22. The summed E-state index contributed by atoms with van der Waals surface area (Å²) in [6.07, 6.45) is 11.9. The molecule has 49 heavy (non-hydrogen) atoms. The highest BCUT2D eigenvalue weighted by Gasteiger charge is 2.23. The average Bonchev–Trinajstić information content (AvgIpc) is 3.15. The van der Waals surface area contributed by atoms with Gasteiger partial charge >= 0.3 is 5.97 Å². The SMILES string of the molecule is N#C/C(=C\C1=CC2=C/C(=C/c3ccc(N(c4ccc(-c5ccccc5)cc4)c4ccc(-c5ccccc5)cc4)cc3)CCC2CC1)C(=O)O. The third-order valence-corrected chi connectivity index (χ3v) is 9.39. The zero-order valence-electron chi connectivity index (χ0n) is 27.2. The van der Waals surface area contributed by atoms with Crippen molar-refractivity contribution in [3.8, 4) is 28.3 Å². The zero-order valence-corrected chi connectivity index (χ0v) is 27.2. The Morgan fingerprint density at radius 2 is 1.14 bits per heavy atom. The van der Waals surface area contributed by atoms with Crippen LogP contribution in [-0.2, 0) is 4.79 Å². The van der Waals surface area contributed by atoms with E-state index in [0.29, 0.717) is 5.92 Å². The average molecular weight is 637 g/mol. The monoisotopic (exact) mass is 636 g/mol. The molecule has 0 saturated heterocycles. The highest BCUT2D eigenvalue weighted by atomic mass is 16.4. The number of hydrogen-bond acceptors (Lipinski definition) is 3. The Bertz CT molecular complexity index is 2030. The van der Waals surface area contributed by atoms with Gasteiger partial charge in [0.2, 0.25) is 0 Å². The number of hydrogen-bond donors (Lipinski definition) is 1. The minimum Gasteiger partial charge on any atom is -0.477 e. The second kappa shape index (κ2) is 14.3. The summed E-state index contributed by atoms with van der Waals surface area (Å²) >= 11 is 0. The number of anilines is 3. The molecule has 4 nitrogen and oxygen atoms in total. The molecule has 4 heteroatoms. The van der Waals surface area contributed by atoms with E-state index >= 15 is 0 Å². The van der Waals surface area contributed by atoms with Gasteiger partial charge in [-0.15, -0.1) is 0 Å². The van der Waals surface area contributed by atoms with Crippen LogP contribution in [0.4, 0.5) is 17.1 Å². The molecule has 1 atom stereocenters. The van der Waals surface area contributed by atoms with Gasteiger partial charge in [-0.2, -0.15) is 5.26 Å². The molecule has 0 aliphatic heterocycles. The lowest BCUT2D eigenvalue weighted by Gasteiger charge is -2.28. The smallest absolute Gasteiger partial charge is 0.346 e. The number of carboxylic acids is 1. The second-order valence-electron chi connectivity index (χ2n) is 12.6. The first kappa shape index (κ1) is 31.4. The minimum absolute atomic E-state index is 0.217. The van der Waals surface area contributed by atoms with Crippen LogP contribution in [0.3, 0.4) is 0 Å². The molecular weight excluding hydrogens is 601 g/mol. The number of carboxylic acid groups (broad SMARTS) is 1. The Morgan fingerprint density at radius 1 is 0.653 bits per heavy atom. The number of nitrogens with zero attached hydrogens (tertiary/aromatic N) is 2. The van der Waals surface area contributed by atoms with Crippen molar-refractivity contribution in [2.75, 3.05) is 4.90 Å². The van der Waals surface area contributed by atoms with Crippen LogP contribution in [0.5, 0.6) is 0 Å². The zero-order chi connectivity index (χ0) is 33.6. The summed E-state index contributed by atoms with van der Waals surface area (Å²) in [7, 11) is 0. The van der Waals surface area contributed by atoms with Gasteiger partial charge in [0.15, 0.2) is 0 Å². The Morgan fingerprint density at radius 3 is 1.65 bits per heavy atom.